The molecule has 5 N–H and O–H groups in total. The van der Waals surface area contributed by atoms with E-state index in [0.29, 0.717) is 18.4 Å². The van der Waals surface area contributed by atoms with Gasteiger partial charge in [0.2, 0.25) is 5.91 Å². The van der Waals surface area contributed by atoms with Crippen molar-refractivity contribution < 1.29 is 14.6 Å². The second-order valence-electron chi connectivity index (χ2n) is 6.02. The predicted molar refractivity (Wildman–Crippen MR) is 86.5 cm³/mol. The van der Waals surface area contributed by atoms with Crippen LogP contribution in [0.3, 0.4) is 0 Å². The summed E-state index contributed by atoms with van der Waals surface area (Å²) in [6, 6.07) is -1.15. The monoisotopic (exact) mass is 340 g/mol. The van der Waals surface area contributed by atoms with E-state index in [1.54, 1.807) is 6.92 Å². The van der Waals surface area contributed by atoms with Gasteiger partial charge in [-0.3, -0.25) is 19.1 Å². The van der Waals surface area contributed by atoms with Crippen LogP contribution in [-0.4, -0.2) is 45.4 Å². The normalized spacial score (nSPS) is 24.8. The smallest absolute Gasteiger partial charge is 0.330 e. The third kappa shape index (κ3) is 3.92. The van der Waals surface area contributed by atoms with E-state index in [-0.39, 0.29) is 12.5 Å². The lowest BCUT2D eigenvalue weighted by Gasteiger charge is -2.18. The molecular weight excluding hydrogens is 316 g/mol. The highest BCUT2D eigenvalue weighted by Gasteiger charge is 2.37. The Morgan fingerprint density at radius 1 is 1.58 bits per heavy atom. The number of aromatic amines is 1. The number of aliphatic hydroxyl groups is 1. The molecule has 24 heavy (non-hydrogen) atoms. The van der Waals surface area contributed by atoms with Crippen molar-refractivity contribution in [3.63, 3.8) is 0 Å². The lowest BCUT2D eigenvalue weighted by atomic mass is 10.1. The molecule has 1 aromatic rings. The molecule has 0 bridgehead atoms. The largest absolute Gasteiger partial charge is 0.394 e. The van der Waals surface area contributed by atoms with Crippen molar-refractivity contribution in [2.24, 2.45) is 5.73 Å². The standard InChI is InChI=1S/C15H24N4O5/c1-3-4-9-6-19(15(23)18-14(9)22)12-5-10(11(7-20)24-12)17-13(21)8(2)16/h6,8,10-12,20H,3-5,7,16H2,1-2H3,(H,17,21)(H,18,22,23)/t8-,10-,11+,12+/m0/s1. The topological polar surface area (TPSA) is 139 Å². The number of nitrogens with two attached hydrogens (primary N) is 1. The molecule has 9 nitrogen and oxygen atoms in total. The summed E-state index contributed by atoms with van der Waals surface area (Å²) in [5.74, 6) is -0.358. The first-order valence-electron chi connectivity index (χ1n) is 8.04. The highest BCUT2D eigenvalue weighted by atomic mass is 16.5. The van der Waals surface area contributed by atoms with Crippen LogP contribution in [0.2, 0.25) is 0 Å². The van der Waals surface area contributed by atoms with Crippen molar-refractivity contribution in [1.29, 1.82) is 0 Å². The summed E-state index contributed by atoms with van der Waals surface area (Å²) < 4.78 is 6.98. The van der Waals surface area contributed by atoms with E-state index in [0.717, 1.165) is 6.42 Å². The molecule has 1 fully saturated rings. The molecule has 1 saturated heterocycles. The average Bonchev–Trinajstić information content (AvgIpc) is 2.92. The molecule has 1 amide bonds. The van der Waals surface area contributed by atoms with Crippen LogP contribution in [0.15, 0.2) is 15.8 Å². The Labute approximate surface area is 138 Å². The number of H-pyrrole nitrogens is 1. The molecule has 0 aromatic carbocycles. The van der Waals surface area contributed by atoms with E-state index >= 15 is 0 Å². The van der Waals surface area contributed by atoms with E-state index < -0.39 is 35.7 Å². The van der Waals surface area contributed by atoms with Crippen LogP contribution in [0.5, 0.6) is 0 Å². The Morgan fingerprint density at radius 2 is 2.29 bits per heavy atom. The number of hydrogen-bond acceptors (Lipinski definition) is 6. The third-order valence-electron chi connectivity index (χ3n) is 4.03. The van der Waals surface area contributed by atoms with Crippen LogP contribution in [0, 0.1) is 0 Å². The lowest BCUT2D eigenvalue weighted by molar-refractivity contribution is -0.123. The minimum absolute atomic E-state index is 0.293. The van der Waals surface area contributed by atoms with Gasteiger partial charge >= 0.3 is 5.69 Å². The number of ether oxygens (including phenoxy) is 1. The number of nitrogens with one attached hydrogen (secondary N) is 2. The van der Waals surface area contributed by atoms with Gasteiger partial charge in [-0.05, 0) is 13.3 Å². The number of aromatic nitrogens is 2. The minimum Gasteiger partial charge on any atom is -0.394 e. The molecule has 0 radical (unpaired) electrons. The molecule has 134 valence electrons. The summed E-state index contributed by atoms with van der Waals surface area (Å²) in [5.41, 5.74) is 5.03. The molecular formula is C15H24N4O5. The number of carbonyl (C=O) groups is 1. The van der Waals surface area contributed by atoms with E-state index in [1.165, 1.54) is 10.8 Å². The van der Waals surface area contributed by atoms with Gasteiger partial charge in [-0.25, -0.2) is 4.79 Å². The SMILES string of the molecule is CCCc1cn([C@H]2C[C@H](NC(=O)[C@H](C)N)[C@@H](CO)O2)c(=O)[nH]c1=O. The zero-order valence-corrected chi connectivity index (χ0v) is 13.8. The van der Waals surface area contributed by atoms with Gasteiger partial charge in [-0.1, -0.05) is 13.3 Å². The second-order valence-corrected chi connectivity index (χ2v) is 6.02. The Kier molecular flexibility index (Phi) is 5.92. The summed E-state index contributed by atoms with van der Waals surface area (Å²) in [6.07, 6.45) is 1.75. The van der Waals surface area contributed by atoms with Crippen LogP contribution in [0.4, 0.5) is 0 Å². The highest BCUT2D eigenvalue weighted by Crippen LogP contribution is 2.27. The fourth-order valence-corrected chi connectivity index (χ4v) is 2.73. The van der Waals surface area contributed by atoms with E-state index in [2.05, 4.69) is 10.3 Å². The fourth-order valence-electron chi connectivity index (χ4n) is 2.73. The molecule has 0 unspecified atom stereocenters. The van der Waals surface area contributed by atoms with Crippen molar-refractivity contribution in [2.45, 2.75) is 57.5 Å². The molecule has 1 aromatic heterocycles. The number of rotatable bonds is 6. The van der Waals surface area contributed by atoms with Gasteiger partial charge in [0.15, 0.2) is 0 Å². The maximum absolute atomic E-state index is 12.1. The van der Waals surface area contributed by atoms with Crippen LogP contribution >= 0.6 is 0 Å². The summed E-state index contributed by atoms with van der Waals surface area (Å²) in [6.45, 7) is 3.18. The number of amides is 1. The fraction of sp³-hybridized carbons (Fsp3) is 0.667. The maximum atomic E-state index is 12.1. The Hall–Kier alpha value is -1.97. The van der Waals surface area contributed by atoms with Crippen molar-refractivity contribution in [2.75, 3.05) is 6.61 Å². The first-order chi connectivity index (χ1) is 11.4. The van der Waals surface area contributed by atoms with Crippen molar-refractivity contribution in [1.82, 2.24) is 14.9 Å². The molecule has 2 rings (SSSR count). The summed E-state index contributed by atoms with van der Waals surface area (Å²) in [7, 11) is 0. The first-order valence-corrected chi connectivity index (χ1v) is 8.04. The quantitative estimate of drug-likeness (QED) is 0.502. The van der Waals surface area contributed by atoms with Gasteiger partial charge < -0.3 is 20.9 Å². The average molecular weight is 340 g/mol. The van der Waals surface area contributed by atoms with Gasteiger partial charge in [0.05, 0.1) is 18.7 Å². The van der Waals surface area contributed by atoms with E-state index in [9.17, 15) is 19.5 Å². The van der Waals surface area contributed by atoms with E-state index in [1.807, 2.05) is 6.92 Å². The predicted octanol–water partition coefficient (Wildman–Crippen LogP) is -1.40. The Bertz CT molecular complexity index is 696. The van der Waals surface area contributed by atoms with Crippen LogP contribution in [0.1, 0.15) is 38.5 Å². The summed E-state index contributed by atoms with van der Waals surface area (Å²) in [5, 5.41) is 12.2. The Balaban J connectivity index is 2.24. The molecule has 2 heterocycles. The van der Waals surface area contributed by atoms with Crippen LogP contribution in [0.25, 0.3) is 0 Å². The minimum atomic E-state index is -0.685. The molecule has 0 saturated carbocycles. The second kappa shape index (κ2) is 7.73. The van der Waals surface area contributed by atoms with Gasteiger partial charge in [0.25, 0.3) is 5.56 Å². The van der Waals surface area contributed by atoms with E-state index in [4.69, 9.17) is 10.5 Å². The lowest BCUT2D eigenvalue weighted by Crippen LogP contribution is -2.47. The zero-order chi connectivity index (χ0) is 17.9. The summed E-state index contributed by atoms with van der Waals surface area (Å²) >= 11 is 0. The van der Waals surface area contributed by atoms with Crippen LogP contribution in [-0.2, 0) is 16.0 Å². The van der Waals surface area contributed by atoms with Gasteiger partial charge in [-0.15, -0.1) is 0 Å². The molecule has 1 aliphatic rings. The first kappa shape index (κ1) is 18.4. The number of hydrogen-bond donors (Lipinski definition) is 4. The third-order valence-corrected chi connectivity index (χ3v) is 4.03. The van der Waals surface area contributed by atoms with Gasteiger partial charge in [0, 0.05) is 18.2 Å². The van der Waals surface area contributed by atoms with Gasteiger partial charge in [-0.2, -0.15) is 0 Å². The highest BCUT2D eigenvalue weighted by molar-refractivity contribution is 5.81. The molecule has 0 aliphatic carbocycles. The maximum Gasteiger partial charge on any atom is 0.330 e. The molecule has 1 aliphatic heterocycles. The van der Waals surface area contributed by atoms with Crippen molar-refractivity contribution in [3.05, 3.63) is 32.6 Å². The molecule has 4 atom stereocenters. The number of carbonyl (C=O) groups excluding carboxylic acids is 1. The van der Waals surface area contributed by atoms with Crippen molar-refractivity contribution in [3.8, 4) is 0 Å². The summed E-state index contributed by atoms with van der Waals surface area (Å²) in [4.78, 5) is 37.9. The molecule has 9 heteroatoms. The van der Waals surface area contributed by atoms with Gasteiger partial charge in [0.1, 0.15) is 12.3 Å². The number of aliphatic hydroxyl groups excluding tert-OH is 1. The Morgan fingerprint density at radius 3 is 2.88 bits per heavy atom. The number of aryl methyl sites for hydroxylation is 1. The zero-order valence-electron chi connectivity index (χ0n) is 13.8. The number of nitrogens with zero attached hydrogens (tertiary/aromatic N) is 1. The molecule has 0 spiro atoms. The van der Waals surface area contributed by atoms with Crippen LogP contribution < -0.4 is 22.3 Å². The van der Waals surface area contributed by atoms with Crippen molar-refractivity contribution >= 4 is 5.91 Å².